The van der Waals surface area contributed by atoms with Crippen molar-refractivity contribution in [2.45, 2.75) is 44.6 Å². The van der Waals surface area contributed by atoms with Crippen molar-refractivity contribution in [3.63, 3.8) is 0 Å². The number of nitrogens with two attached hydrogens (primary N) is 1. The molecular weight excluding hydrogens is 451 g/mol. The van der Waals surface area contributed by atoms with Gasteiger partial charge in [-0.25, -0.2) is 13.4 Å². The highest BCUT2D eigenvalue weighted by atomic mass is 127. The molecule has 1 aliphatic rings. The van der Waals surface area contributed by atoms with Crippen LogP contribution >= 0.6 is 24.0 Å². The number of hydrogen-bond donors (Lipinski definition) is 1. The zero-order valence-electron chi connectivity index (χ0n) is 15.0. The molecule has 0 saturated carbocycles. The molecule has 0 aromatic heterocycles. The van der Waals surface area contributed by atoms with E-state index in [1.165, 1.54) is 0 Å². The van der Waals surface area contributed by atoms with Crippen LogP contribution in [0.2, 0.25) is 0 Å². The summed E-state index contributed by atoms with van der Waals surface area (Å²) >= 11 is 0. The third-order valence-corrected chi connectivity index (χ3v) is 6.30. The van der Waals surface area contributed by atoms with E-state index >= 15 is 0 Å². The third-order valence-electron chi connectivity index (χ3n) is 4.39. The molecule has 0 atom stereocenters. The summed E-state index contributed by atoms with van der Waals surface area (Å²) in [5.41, 5.74) is 6.90. The van der Waals surface area contributed by atoms with Crippen molar-refractivity contribution >= 4 is 40.0 Å². The van der Waals surface area contributed by atoms with Gasteiger partial charge in [0.15, 0.2) is 5.96 Å². The van der Waals surface area contributed by atoms with Crippen LogP contribution in [0.4, 0.5) is 0 Å². The molecule has 0 spiro atoms. The van der Waals surface area contributed by atoms with Gasteiger partial charge in [-0.2, -0.15) is 4.31 Å². The summed E-state index contributed by atoms with van der Waals surface area (Å²) in [6, 6.07) is 6.97. The molecule has 1 heterocycles. The molecule has 0 bridgehead atoms. The van der Waals surface area contributed by atoms with E-state index in [-0.39, 0.29) is 24.0 Å². The first-order valence-electron chi connectivity index (χ1n) is 8.63. The fourth-order valence-electron chi connectivity index (χ4n) is 2.84. The molecule has 142 valence electrons. The highest BCUT2D eigenvalue weighted by Crippen LogP contribution is 2.21. The largest absolute Gasteiger partial charge is 0.370 e. The Kier molecular flexibility index (Phi) is 9.15. The molecular formula is C17H29IN4O2S. The Morgan fingerprint density at radius 1 is 1.12 bits per heavy atom. The van der Waals surface area contributed by atoms with E-state index in [1.807, 2.05) is 30.9 Å². The fourth-order valence-corrected chi connectivity index (χ4v) is 4.36. The average molecular weight is 480 g/mol. The van der Waals surface area contributed by atoms with Gasteiger partial charge in [-0.05, 0) is 44.4 Å². The van der Waals surface area contributed by atoms with Gasteiger partial charge in [-0.3, -0.25) is 0 Å². The van der Waals surface area contributed by atoms with Gasteiger partial charge in [0, 0.05) is 26.2 Å². The van der Waals surface area contributed by atoms with Crippen molar-refractivity contribution in [3.05, 3.63) is 29.8 Å². The fraction of sp³-hybridized carbons (Fsp3) is 0.588. The first-order valence-corrected chi connectivity index (χ1v) is 10.1. The zero-order valence-corrected chi connectivity index (χ0v) is 18.2. The molecule has 1 aromatic rings. The van der Waals surface area contributed by atoms with Crippen molar-refractivity contribution in [2.24, 2.45) is 10.7 Å². The van der Waals surface area contributed by atoms with Gasteiger partial charge in [-0.15, -0.1) is 24.0 Å². The molecule has 1 aliphatic heterocycles. The minimum atomic E-state index is -3.37. The van der Waals surface area contributed by atoms with Gasteiger partial charge in [0.2, 0.25) is 10.0 Å². The molecule has 1 fully saturated rings. The molecule has 2 N–H and O–H groups in total. The lowest BCUT2D eigenvalue weighted by atomic mass is 10.2. The summed E-state index contributed by atoms with van der Waals surface area (Å²) in [4.78, 5) is 6.72. The van der Waals surface area contributed by atoms with Crippen LogP contribution in [0, 0.1) is 0 Å². The third kappa shape index (κ3) is 5.82. The smallest absolute Gasteiger partial charge is 0.243 e. The highest BCUT2D eigenvalue weighted by Gasteiger charge is 2.25. The number of benzene rings is 1. The van der Waals surface area contributed by atoms with E-state index in [1.54, 1.807) is 16.4 Å². The number of nitrogens with zero attached hydrogens (tertiary/aromatic N) is 3. The number of halogens is 1. The van der Waals surface area contributed by atoms with Crippen LogP contribution in [0.3, 0.4) is 0 Å². The summed E-state index contributed by atoms with van der Waals surface area (Å²) < 4.78 is 26.8. The molecule has 8 heteroatoms. The van der Waals surface area contributed by atoms with E-state index in [2.05, 4.69) is 4.99 Å². The molecule has 25 heavy (non-hydrogen) atoms. The number of aliphatic imine (C=N–C) groups is 1. The number of rotatable bonds is 6. The number of hydrogen-bond acceptors (Lipinski definition) is 3. The monoisotopic (exact) mass is 480 g/mol. The Balaban J connectivity index is 0.00000312. The Hall–Kier alpha value is -0.870. The van der Waals surface area contributed by atoms with Gasteiger partial charge in [-0.1, -0.05) is 18.6 Å². The molecule has 1 saturated heterocycles. The average Bonchev–Trinajstić information content (AvgIpc) is 2.62. The lowest BCUT2D eigenvalue weighted by molar-refractivity contribution is 0.346. The van der Waals surface area contributed by atoms with Crippen LogP contribution in [-0.2, 0) is 16.6 Å². The zero-order chi connectivity index (χ0) is 17.6. The normalized spacial score (nSPS) is 16.3. The first-order chi connectivity index (χ1) is 11.5. The van der Waals surface area contributed by atoms with Crippen LogP contribution < -0.4 is 5.73 Å². The van der Waals surface area contributed by atoms with Crippen LogP contribution in [0.15, 0.2) is 34.2 Å². The van der Waals surface area contributed by atoms with Crippen LogP contribution in [0.25, 0.3) is 0 Å². The maximum atomic E-state index is 12.6. The van der Waals surface area contributed by atoms with Crippen molar-refractivity contribution in [2.75, 3.05) is 26.2 Å². The predicted molar refractivity (Wildman–Crippen MR) is 113 cm³/mol. The standard InChI is InChI=1S/C17H28N4O2S.HI/c1-3-20(4-2)17(18)19-14-15-8-10-16(11-9-15)24(22,23)21-12-6-5-7-13-21;/h8-11H,3-7,12-14H2,1-2H3,(H2,18,19);1H. The molecule has 0 aliphatic carbocycles. The Bertz CT molecular complexity index is 652. The topological polar surface area (TPSA) is 79.0 Å². The predicted octanol–water partition coefficient (Wildman–Crippen LogP) is 2.64. The Morgan fingerprint density at radius 3 is 2.20 bits per heavy atom. The minimum Gasteiger partial charge on any atom is -0.370 e. The molecule has 1 aromatic carbocycles. The number of sulfonamides is 1. The van der Waals surface area contributed by atoms with Gasteiger partial charge in [0.1, 0.15) is 0 Å². The van der Waals surface area contributed by atoms with Gasteiger partial charge < -0.3 is 10.6 Å². The van der Waals surface area contributed by atoms with Crippen molar-refractivity contribution < 1.29 is 8.42 Å². The van der Waals surface area contributed by atoms with E-state index < -0.39 is 10.0 Å². The summed E-state index contributed by atoms with van der Waals surface area (Å²) in [7, 11) is -3.37. The number of piperidine rings is 1. The van der Waals surface area contributed by atoms with Gasteiger partial charge >= 0.3 is 0 Å². The maximum absolute atomic E-state index is 12.6. The van der Waals surface area contributed by atoms with E-state index in [4.69, 9.17) is 5.73 Å². The highest BCUT2D eigenvalue weighted by molar-refractivity contribution is 14.0. The molecule has 2 rings (SSSR count). The van der Waals surface area contributed by atoms with E-state index in [0.717, 1.165) is 37.9 Å². The molecule has 6 nitrogen and oxygen atoms in total. The molecule has 0 radical (unpaired) electrons. The van der Waals surface area contributed by atoms with Crippen molar-refractivity contribution in [1.82, 2.24) is 9.21 Å². The summed E-state index contributed by atoms with van der Waals surface area (Å²) in [5, 5.41) is 0. The van der Waals surface area contributed by atoms with Gasteiger partial charge in [0.25, 0.3) is 0 Å². The second kappa shape index (κ2) is 10.3. The second-order valence-electron chi connectivity index (χ2n) is 5.96. The lowest BCUT2D eigenvalue weighted by Gasteiger charge is -2.25. The molecule has 0 amide bonds. The molecule has 0 unspecified atom stereocenters. The van der Waals surface area contributed by atoms with Gasteiger partial charge in [0.05, 0.1) is 11.4 Å². The quantitative estimate of drug-likeness (QED) is 0.386. The van der Waals surface area contributed by atoms with Crippen molar-refractivity contribution in [3.8, 4) is 0 Å². The Labute approximate surface area is 168 Å². The summed E-state index contributed by atoms with van der Waals surface area (Å²) in [5.74, 6) is 0.519. The summed E-state index contributed by atoms with van der Waals surface area (Å²) in [6.45, 7) is 7.39. The number of guanidine groups is 1. The SMILES string of the molecule is CCN(CC)C(N)=NCc1ccc(S(=O)(=O)N2CCCCC2)cc1.I. The van der Waals surface area contributed by atoms with Crippen LogP contribution in [0.5, 0.6) is 0 Å². The maximum Gasteiger partial charge on any atom is 0.243 e. The van der Waals surface area contributed by atoms with Crippen molar-refractivity contribution in [1.29, 1.82) is 0 Å². The van der Waals surface area contributed by atoms with E-state index in [0.29, 0.717) is 30.5 Å². The lowest BCUT2D eigenvalue weighted by Crippen LogP contribution is -2.37. The minimum absolute atomic E-state index is 0. The van der Waals surface area contributed by atoms with Crippen LogP contribution in [-0.4, -0.2) is 49.8 Å². The second-order valence-corrected chi connectivity index (χ2v) is 7.89. The first kappa shape index (κ1) is 22.2. The Morgan fingerprint density at radius 2 is 1.68 bits per heavy atom. The summed E-state index contributed by atoms with van der Waals surface area (Å²) in [6.07, 6.45) is 2.99. The van der Waals surface area contributed by atoms with Crippen LogP contribution in [0.1, 0.15) is 38.7 Å². The van der Waals surface area contributed by atoms with E-state index in [9.17, 15) is 8.42 Å².